The van der Waals surface area contributed by atoms with E-state index in [1.807, 2.05) is 6.07 Å². The van der Waals surface area contributed by atoms with Gasteiger partial charge in [-0.2, -0.15) is 5.10 Å². The number of aromatic amines is 1. The molecule has 2 heterocycles. The molecule has 0 atom stereocenters. The fourth-order valence-corrected chi connectivity index (χ4v) is 2.31. The third-order valence-electron chi connectivity index (χ3n) is 3.31. The lowest BCUT2D eigenvalue weighted by molar-refractivity contribution is 0.0690. The SMILES string of the molecule is CN1CCc2cc(-c3cc(C(=O)O)[nH]n3)ccc21. The zero-order valence-corrected chi connectivity index (χ0v) is 9.97. The Bertz CT molecular complexity index is 618. The standard InChI is InChI=1S/C13H13N3O2/c1-16-5-4-9-6-8(2-3-12(9)16)10-7-11(13(17)18)15-14-10/h2-3,6-7H,4-5H2,1H3,(H,14,15)(H,17,18). The first-order chi connectivity index (χ1) is 8.65. The zero-order valence-electron chi connectivity index (χ0n) is 9.97. The van der Waals surface area contributed by atoms with Crippen LogP contribution >= 0.6 is 0 Å². The molecule has 5 nitrogen and oxygen atoms in total. The number of hydrogen-bond acceptors (Lipinski definition) is 3. The molecule has 1 aromatic carbocycles. The van der Waals surface area contributed by atoms with Gasteiger partial charge in [-0.3, -0.25) is 5.10 Å². The first-order valence-electron chi connectivity index (χ1n) is 5.78. The summed E-state index contributed by atoms with van der Waals surface area (Å²) in [6.45, 7) is 1.03. The number of hydrogen-bond donors (Lipinski definition) is 2. The van der Waals surface area contributed by atoms with Crippen molar-refractivity contribution in [1.82, 2.24) is 10.2 Å². The van der Waals surface area contributed by atoms with Crippen LogP contribution in [0.4, 0.5) is 5.69 Å². The van der Waals surface area contributed by atoms with E-state index in [-0.39, 0.29) is 5.69 Å². The summed E-state index contributed by atoms with van der Waals surface area (Å²) in [7, 11) is 2.07. The molecule has 5 heteroatoms. The molecule has 92 valence electrons. The molecule has 0 bridgehead atoms. The number of aromatic carboxylic acids is 1. The summed E-state index contributed by atoms with van der Waals surface area (Å²) < 4.78 is 0. The summed E-state index contributed by atoms with van der Waals surface area (Å²) in [5.74, 6) is -0.991. The number of aromatic nitrogens is 2. The van der Waals surface area contributed by atoms with Crippen molar-refractivity contribution in [2.24, 2.45) is 0 Å². The van der Waals surface area contributed by atoms with Crippen molar-refractivity contribution < 1.29 is 9.90 Å². The molecule has 0 fully saturated rings. The normalized spacial score (nSPS) is 13.7. The Kier molecular flexibility index (Phi) is 2.33. The lowest BCUT2D eigenvalue weighted by Crippen LogP contribution is -2.12. The Morgan fingerprint density at radius 1 is 1.44 bits per heavy atom. The van der Waals surface area contributed by atoms with Gasteiger partial charge < -0.3 is 10.0 Å². The summed E-state index contributed by atoms with van der Waals surface area (Å²) in [6, 6.07) is 7.68. The number of carboxylic acids is 1. The van der Waals surface area contributed by atoms with Gasteiger partial charge in [0.15, 0.2) is 0 Å². The second-order valence-electron chi connectivity index (χ2n) is 4.49. The van der Waals surface area contributed by atoms with Crippen LogP contribution in [0.3, 0.4) is 0 Å². The minimum Gasteiger partial charge on any atom is -0.477 e. The van der Waals surface area contributed by atoms with E-state index in [0.717, 1.165) is 18.5 Å². The maximum absolute atomic E-state index is 10.8. The summed E-state index contributed by atoms with van der Waals surface area (Å²) in [5.41, 5.74) is 4.27. The van der Waals surface area contributed by atoms with Crippen molar-refractivity contribution in [2.75, 3.05) is 18.5 Å². The smallest absolute Gasteiger partial charge is 0.353 e. The highest BCUT2D eigenvalue weighted by molar-refractivity contribution is 5.87. The number of fused-ring (bicyclic) bond motifs is 1. The second kappa shape index (κ2) is 3.87. The Balaban J connectivity index is 1.99. The molecule has 3 rings (SSSR count). The predicted molar refractivity (Wildman–Crippen MR) is 68.0 cm³/mol. The van der Waals surface area contributed by atoms with Crippen molar-refractivity contribution in [2.45, 2.75) is 6.42 Å². The summed E-state index contributed by atoms with van der Waals surface area (Å²) >= 11 is 0. The van der Waals surface area contributed by atoms with Crippen molar-refractivity contribution in [1.29, 1.82) is 0 Å². The molecule has 0 spiro atoms. The third kappa shape index (κ3) is 1.64. The van der Waals surface area contributed by atoms with Crippen LogP contribution in [-0.4, -0.2) is 34.9 Å². The molecule has 0 amide bonds. The van der Waals surface area contributed by atoms with E-state index >= 15 is 0 Å². The van der Waals surface area contributed by atoms with Crippen LogP contribution in [0.1, 0.15) is 16.1 Å². The van der Waals surface area contributed by atoms with E-state index in [9.17, 15) is 4.79 Å². The second-order valence-corrected chi connectivity index (χ2v) is 4.49. The Hall–Kier alpha value is -2.30. The topological polar surface area (TPSA) is 69.2 Å². The fourth-order valence-electron chi connectivity index (χ4n) is 2.31. The van der Waals surface area contributed by atoms with Gasteiger partial charge in [-0.15, -0.1) is 0 Å². The maximum Gasteiger partial charge on any atom is 0.353 e. The van der Waals surface area contributed by atoms with Gasteiger partial charge in [0.05, 0.1) is 5.69 Å². The van der Waals surface area contributed by atoms with Crippen molar-refractivity contribution in [3.63, 3.8) is 0 Å². The molecule has 18 heavy (non-hydrogen) atoms. The molecule has 0 radical (unpaired) electrons. The van der Waals surface area contributed by atoms with Gasteiger partial charge in [-0.1, -0.05) is 6.07 Å². The highest BCUT2D eigenvalue weighted by atomic mass is 16.4. The van der Waals surface area contributed by atoms with Gasteiger partial charge in [0.25, 0.3) is 0 Å². The highest BCUT2D eigenvalue weighted by Gasteiger charge is 2.17. The quantitative estimate of drug-likeness (QED) is 0.843. The van der Waals surface area contributed by atoms with Crippen LogP contribution in [-0.2, 0) is 6.42 Å². The van der Waals surface area contributed by atoms with Gasteiger partial charge in [-0.05, 0) is 30.2 Å². The lowest BCUT2D eigenvalue weighted by atomic mass is 10.1. The van der Waals surface area contributed by atoms with Crippen LogP contribution in [0.2, 0.25) is 0 Å². The van der Waals surface area contributed by atoms with Crippen LogP contribution < -0.4 is 4.90 Å². The van der Waals surface area contributed by atoms with Crippen LogP contribution in [0.25, 0.3) is 11.3 Å². The van der Waals surface area contributed by atoms with Gasteiger partial charge in [0.2, 0.25) is 0 Å². The van der Waals surface area contributed by atoms with Crippen molar-refractivity contribution in [3.8, 4) is 11.3 Å². The average molecular weight is 243 g/mol. The number of nitrogens with zero attached hydrogens (tertiary/aromatic N) is 2. The summed E-state index contributed by atoms with van der Waals surface area (Å²) in [4.78, 5) is 13.0. The fraction of sp³-hybridized carbons (Fsp3) is 0.231. The first kappa shape index (κ1) is 10.8. The van der Waals surface area contributed by atoms with Crippen molar-refractivity contribution >= 4 is 11.7 Å². The van der Waals surface area contributed by atoms with E-state index in [4.69, 9.17) is 5.11 Å². The number of likely N-dealkylation sites (N-methyl/N-ethyl adjacent to an activating group) is 1. The van der Waals surface area contributed by atoms with Crippen LogP contribution in [0, 0.1) is 0 Å². The van der Waals surface area contributed by atoms with Crippen LogP contribution in [0.15, 0.2) is 24.3 Å². The summed E-state index contributed by atoms with van der Waals surface area (Å²) in [5, 5.41) is 15.4. The number of nitrogens with one attached hydrogen (secondary N) is 1. The molecule has 1 aliphatic heterocycles. The van der Waals surface area contributed by atoms with E-state index in [1.54, 1.807) is 6.07 Å². The van der Waals surface area contributed by atoms with Gasteiger partial charge in [-0.25, -0.2) is 4.79 Å². The largest absolute Gasteiger partial charge is 0.477 e. The van der Waals surface area contributed by atoms with E-state index < -0.39 is 5.97 Å². The number of carbonyl (C=O) groups is 1. The molecule has 0 unspecified atom stereocenters. The van der Waals surface area contributed by atoms with Crippen LogP contribution in [0.5, 0.6) is 0 Å². The molecule has 0 aliphatic carbocycles. The number of rotatable bonds is 2. The number of benzene rings is 1. The van der Waals surface area contributed by atoms with Gasteiger partial charge in [0.1, 0.15) is 5.69 Å². The Morgan fingerprint density at radius 3 is 3.00 bits per heavy atom. The molecule has 2 aromatic rings. The number of H-pyrrole nitrogens is 1. The van der Waals surface area contributed by atoms with Gasteiger partial charge in [0, 0.05) is 24.8 Å². The Morgan fingerprint density at radius 2 is 2.28 bits per heavy atom. The Labute approximate surface area is 104 Å². The number of carboxylic acid groups (broad SMARTS) is 1. The summed E-state index contributed by atoms with van der Waals surface area (Å²) in [6.07, 6.45) is 1.02. The monoisotopic (exact) mass is 243 g/mol. The average Bonchev–Trinajstić information content (AvgIpc) is 2.96. The van der Waals surface area contributed by atoms with E-state index in [1.165, 1.54) is 11.3 Å². The molecule has 2 N–H and O–H groups in total. The zero-order chi connectivity index (χ0) is 12.7. The van der Waals surface area contributed by atoms with E-state index in [2.05, 4.69) is 34.3 Å². The molecular weight excluding hydrogens is 230 g/mol. The minimum absolute atomic E-state index is 0.114. The van der Waals surface area contributed by atoms with E-state index in [0.29, 0.717) is 5.69 Å². The molecular formula is C13H13N3O2. The molecule has 1 aromatic heterocycles. The highest BCUT2D eigenvalue weighted by Crippen LogP contribution is 2.30. The number of anilines is 1. The molecule has 1 aliphatic rings. The molecule has 0 saturated carbocycles. The lowest BCUT2D eigenvalue weighted by Gasteiger charge is -2.11. The predicted octanol–water partition coefficient (Wildman–Crippen LogP) is 1.77. The van der Waals surface area contributed by atoms with Gasteiger partial charge >= 0.3 is 5.97 Å². The maximum atomic E-state index is 10.8. The first-order valence-corrected chi connectivity index (χ1v) is 5.78. The third-order valence-corrected chi connectivity index (χ3v) is 3.31. The minimum atomic E-state index is -0.991. The van der Waals surface area contributed by atoms with Crippen molar-refractivity contribution in [3.05, 3.63) is 35.5 Å². The molecule has 0 saturated heterocycles.